The first-order chi connectivity index (χ1) is 13.5. The Hall–Kier alpha value is -3.16. The third-order valence-electron chi connectivity index (χ3n) is 5.18. The van der Waals surface area contributed by atoms with Crippen molar-refractivity contribution in [3.8, 4) is 11.5 Å². The van der Waals surface area contributed by atoms with E-state index in [0.29, 0.717) is 23.6 Å². The van der Waals surface area contributed by atoms with Crippen LogP contribution in [0, 0.1) is 13.8 Å². The first kappa shape index (κ1) is 18.2. The fraction of sp³-hybridized carbons (Fsp3) is 0.400. The maximum absolute atomic E-state index is 13.0. The Morgan fingerprint density at radius 3 is 2.82 bits per heavy atom. The van der Waals surface area contributed by atoms with Crippen molar-refractivity contribution >= 4 is 5.91 Å². The van der Waals surface area contributed by atoms with Gasteiger partial charge in [0.1, 0.15) is 17.8 Å². The molecule has 3 aromatic heterocycles. The summed E-state index contributed by atoms with van der Waals surface area (Å²) in [6.45, 7) is 5.10. The summed E-state index contributed by atoms with van der Waals surface area (Å²) in [5, 5.41) is 0. The van der Waals surface area contributed by atoms with Crippen LogP contribution in [0.15, 0.2) is 31.0 Å². The molecular formula is C20H23N7O. The minimum atomic E-state index is -0.0158. The maximum Gasteiger partial charge on any atom is 0.257 e. The van der Waals surface area contributed by atoms with Gasteiger partial charge < -0.3 is 9.47 Å². The molecule has 0 radical (unpaired) electrons. The van der Waals surface area contributed by atoms with Crippen molar-refractivity contribution in [3.63, 3.8) is 0 Å². The van der Waals surface area contributed by atoms with Crippen molar-refractivity contribution in [2.75, 3.05) is 13.1 Å². The summed E-state index contributed by atoms with van der Waals surface area (Å²) in [5.74, 6) is 1.68. The molecule has 1 aliphatic heterocycles. The molecule has 144 valence electrons. The summed E-state index contributed by atoms with van der Waals surface area (Å²) in [4.78, 5) is 36.6. The molecule has 1 atom stereocenters. The molecule has 8 nitrogen and oxygen atoms in total. The van der Waals surface area contributed by atoms with Gasteiger partial charge in [-0.25, -0.2) is 24.9 Å². The number of hydrogen-bond acceptors (Lipinski definition) is 6. The van der Waals surface area contributed by atoms with Gasteiger partial charge in [0.25, 0.3) is 5.91 Å². The Bertz CT molecular complexity index is 1010. The summed E-state index contributed by atoms with van der Waals surface area (Å²) in [6.07, 6.45) is 8.65. The smallest absolute Gasteiger partial charge is 0.257 e. The predicted molar refractivity (Wildman–Crippen MR) is 104 cm³/mol. The number of aromatic nitrogens is 6. The molecule has 0 aromatic carbocycles. The van der Waals surface area contributed by atoms with Crippen molar-refractivity contribution in [1.29, 1.82) is 0 Å². The molecule has 0 saturated carbocycles. The first-order valence-corrected chi connectivity index (χ1v) is 9.42. The first-order valence-electron chi connectivity index (χ1n) is 9.42. The second kappa shape index (κ2) is 7.46. The van der Waals surface area contributed by atoms with E-state index in [9.17, 15) is 4.79 Å². The third kappa shape index (κ3) is 3.49. The Balaban J connectivity index is 1.60. The molecule has 8 heteroatoms. The zero-order valence-corrected chi connectivity index (χ0v) is 16.3. The molecule has 0 N–H and O–H groups in total. The molecule has 0 unspecified atom stereocenters. The van der Waals surface area contributed by atoms with E-state index < -0.39 is 0 Å². The fourth-order valence-electron chi connectivity index (χ4n) is 3.70. The van der Waals surface area contributed by atoms with Crippen LogP contribution in [0.1, 0.15) is 46.3 Å². The normalized spacial score (nSPS) is 17.0. The highest BCUT2D eigenvalue weighted by atomic mass is 16.2. The Labute approximate surface area is 163 Å². The number of aryl methyl sites for hydroxylation is 3. The van der Waals surface area contributed by atoms with Gasteiger partial charge in [-0.05, 0) is 32.8 Å². The zero-order valence-electron chi connectivity index (χ0n) is 16.3. The lowest BCUT2D eigenvalue weighted by Gasteiger charge is -2.32. The molecule has 0 aliphatic carbocycles. The molecule has 3 aromatic rings. The van der Waals surface area contributed by atoms with Crippen LogP contribution in [0.2, 0.25) is 0 Å². The van der Waals surface area contributed by atoms with Gasteiger partial charge in [-0.15, -0.1) is 0 Å². The van der Waals surface area contributed by atoms with Crippen molar-refractivity contribution in [3.05, 3.63) is 53.8 Å². The van der Waals surface area contributed by atoms with Crippen LogP contribution in [-0.4, -0.2) is 53.4 Å². The van der Waals surface area contributed by atoms with Crippen LogP contribution in [0.3, 0.4) is 0 Å². The quantitative estimate of drug-likeness (QED) is 0.696. The molecular weight excluding hydrogens is 354 g/mol. The lowest BCUT2D eigenvalue weighted by molar-refractivity contribution is 0.0704. The average Bonchev–Trinajstić information content (AvgIpc) is 3.13. The molecule has 1 aliphatic rings. The molecule has 0 spiro atoms. The maximum atomic E-state index is 13.0. The summed E-state index contributed by atoms with van der Waals surface area (Å²) in [6, 6.07) is 2.00. The number of rotatable bonds is 3. The van der Waals surface area contributed by atoms with Gasteiger partial charge in [-0.3, -0.25) is 4.79 Å². The number of carbonyl (C=O) groups is 1. The van der Waals surface area contributed by atoms with Gasteiger partial charge in [0.05, 0.1) is 11.3 Å². The lowest BCUT2D eigenvalue weighted by atomic mass is 9.93. The van der Waals surface area contributed by atoms with E-state index in [-0.39, 0.29) is 11.8 Å². The number of hydrogen-bond donors (Lipinski definition) is 0. The minimum absolute atomic E-state index is 0.0158. The highest BCUT2D eigenvalue weighted by Gasteiger charge is 2.28. The number of amides is 1. The van der Waals surface area contributed by atoms with Crippen LogP contribution in [-0.2, 0) is 7.05 Å². The van der Waals surface area contributed by atoms with Crippen LogP contribution in [0.4, 0.5) is 0 Å². The van der Waals surface area contributed by atoms with E-state index >= 15 is 0 Å². The zero-order chi connectivity index (χ0) is 19.7. The fourth-order valence-corrected chi connectivity index (χ4v) is 3.70. The average molecular weight is 377 g/mol. The van der Waals surface area contributed by atoms with Crippen LogP contribution in [0.5, 0.6) is 0 Å². The van der Waals surface area contributed by atoms with Crippen LogP contribution < -0.4 is 0 Å². The molecule has 0 bridgehead atoms. The Kier molecular flexibility index (Phi) is 4.85. The van der Waals surface area contributed by atoms with E-state index in [2.05, 4.69) is 24.9 Å². The highest BCUT2D eigenvalue weighted by Crippen LogP contribution is 2.28. The molecule has 28 heavy (non-hydrogen) atoms. The number of carbonyl (C=O) groups excluding carboxylic acids is 1. The van der Waals surface area contributed by atoms with Gasteiger partial charge in [0.2, 0.25) is 0 Å². The van der Waals surface area contributed by atoms with Gasteiger partial charge in [0, 0.05) is 50.3 Å². The van der Waals surface area contributed by atoms with Crippen molar-refractivity contribution in [2.45, 2.75) is 32.6 Å². The number of likely N-dealkylation sites (tertiary alicyclic amines) is 1. The SMILES string of the molecule is Cc1nc(-c2nccn2C)cc([C@H]2CCCN(C(=O)c3cncnc3C)C2)n1. The predicted octanol–water partition coefficient (Wildman–Crippen LogP) is 2.30. The number of imidazole rings is 1. The molecule has 1 fully saturated rings. The second-order valence-electron chi connectivity index (χ2n) is 7.20. The number of nitrogens with zero attached hydrogens (tertiary/aromatic N) is 7. The molecule has 4 heterocycles. The lowest BCUT2D eigenvalue weighted by Crippen LogP contribution is -2.39. The van der Waals surface area contributed by atoms with E-state index in [1.165, 1.54) is 6.33 Å². The van der Waals surface area contributed by atoms with E-state index in [1.54, 1.807) is 12.4 Å². The number of piperidine rings is 1. The van der Waals surface area contributed by atoms with Crippen molar-refractivity contribution in [1.82, 2.24) is 34.4 Å². The van der Waals surface area contributed by atoms with Gasteiger partial charge >= 0.3 is 0 Å². The standard InChI is InChI=1S/C20H23N7O/c1-13-16(10-21-12-23-13)20(28)27-7-4-5-15(11-27)17-9-18(25-14(2)24-17)19-22-6-8-26(19)3/h6,8-10,12,15H,4-5,7,11H2,1-3H3/t15-/m0/s1. The van der Waals surface area contributed by atoms with Crippen LogP contribution in [0.25, 0.3) is 11.5 Å². The third-order valence-corrected chi connectivity index (χ3v) is 5.18. The van der Waals surface area contributed by atoms with E-state index in [1.807, 2.05) is 42.6 Å². The minimum Gasteiger partial charge on any atom is -0.338 e. The largest absolute Gasteiger partial charge is 0.338 e. The molecule has 1 amide bonds. The van der Waals surface area contributed by atoms with Crippen molar-refractivity contribution in [2.24, 2.45) is 7.05 Å². The van der Waals surface area contributed by atoms with Gasteiger partial charge in [0.15, 0.2) is 5.82 Å². The summed E-state index contributed by atoms with van der Waals surface area (Å²) in [5.41, 5.74) is 3.04. The second-order valence-corrected chi connectivity index (χ2v) is 7.20. The van der Waals surface area contributed by atoms with E-state index in [0.717, 1.165) is 36.6 Å². The molecule has 1 saturated heterocycles. The Morgan fingerprint density at radius 2 is 2.07 bits per heavy atom. The monoisotopic (exact) mass is 377 g/mol. The summed E-state index contributed by atoms with van der Waals surface area (Å²) in [7, 11) is 1.95. The van der Waals surface area contributed by atoms with E-state index in [4.69, 9.17) is 0 Å². The molecule has 4 rings (SSSR count). The van der Waals surface area contributed by atoms with Crippen LogP contribution >= 0.6 is 0 Å². The topological polar surface area (TPSA) is 89.7 Å². The Morgan fingerprint density at radius 1 is 1.21 bits per heavy atom. The van der Waals surface area contributed by atoms with Gasteiger partial charge in [-0.2, -0.15) is 0 Å². The van der Waals surface area contributed by atoms with Gasteiger partial charge in [-0.1, -0.05) is 0 Å². The highest BCUT2D eigenvalue weighted by molar-refractivity contribution is 5.95. The summed E-state index contributed by atoms with van der Waals surface area (Å²) < 4.78 is 1.94. The summed E-state index contributed by atoms with van der Waals surface area (Å²) >= 11 is 0. The van der Waals surface area contributed by atoms with Crippen molar-refractivity contribution < 1.29 is 4.79 Å².